The number of halogens is 1. The number of nitrogens with zero attached hydrogens (tertiary/aromatic N) is 2. The largest absolute Gasteiger partial charge is 0.496 e. The Labute approximate surface area is 157 Å². The number of aryl methyl sites for hydroxylation is 1. The third-order valence-electron chi connectivity index (χ3n) is 3.80. The molecule has 0 saturated carbocycles. The van der Waals surface area contributed by atoms with Gasteiger partial charge in [-0.15, -0.1) is 0 Å². The number of fused-ring (bicyclic) bond motifs is 1. The van der Waals surface area contributed by atoms with E-state index in [9.17, 15) is 4.79 Å². The molecule has 0 unspecified atom stereocenters. The summed E-state index contributed by atoms with van der Waals surface area (Å²) in [5.74, 6) is 0.502. The van der Waals surface area contributed by atoms with Crippen LogP contribution in [0.15, 0.2) is 45.9 Å². The second kappa shape index (κ2) is 7.41. The Hall–Kier alpha value is -2.12. The fourth-order valence-electron chi connectivity index (χ4n) is 2.64. The summed E-state index contributed by atoms with van der Waals surface area (Å²) < 4.78 is 14.7. The molecule has 1 amide bonds. The Morgan fingerprint density at radius 3 is 2.48 bits per heavy atom. The Balaban J connectivity index is 2.19. The van der Waals surface area contributed by atoms with Crippen molar-refractivity contribution in [3.63, 3.8) is 0 Å². The molecule has 0 spiro atoms. The minimum absolute atomic E-state index is 0.328. The normalized spacial score (nSPS) is 11.8. The first-order chi connectivity index (χ1) is 12.1. The van der Waals surface area contributed by atoms with Crippen LogP contribution in [0.5, 0.6) is 11.5 Å². The van der Waals surface area contributed by atoms with Crippen molar-refractivity contribution in [2.45, 2.75) is 13.5 Å². The number of aromatic nitrogens is 1. The molecule has 0 aliphatic carbocycles. The highest BCUT2D eigenvalue weighted by molar-refractivity contribution is 9.10. The molecule has 3 rings (SSSR count). The summed E-state index contributed by atoms with van der Waals surface area (Å²) >= 11 is 4.96. The molecule has 0 bridgehead atoms. The van der Waals surface area contributed by atoms with E-state index in [1.165, 1.54) is 25.6 Å². The zero-order chi connectivity index (χ0) is 18.0. The second-order valence-corrected chi connectivity index (χ2v) is 7.12. The van der Waals surface area contributed by atoms with Crippen molar-refractivity contribution in [3.05, 3.63) is 51.2 Å². The van der Waals surface area contributed by atoms with Gasteiger partial charge < -0.3 is 14.0 Å². The number of benzene rings is 2. The van der Waals surface area contributed by atoms with Gasteiger partial charge in [-0.1, -0.05) is 33.3 Å². The summed E-state index contributed by atoms with van der Waals surface area (Å²) in [5.41, 5.74) is 1.38. The first-order valence-electron chi connectivity index (χ1n) is 7.68. The van der Waals surface area contributed by atoms with E-state index in [2.05, 4.69) is 20.9 Å². The Morgan fingerprint density at radius 2 is 1.88 bits per heavy atom. The van der Waals surface area contributed by atoms with Crippen LogP contribution in [0.25, 0.3) is 10.2 Å². The van der Waals surface area contributed by atoms with Crippen molar-refractivity contribution >= 4 is 43.4 Å². The van der Waals surface area contributed by atoms with Gasteiger partial charge in [-0.05, 0) is 37.3 Å². The van der Waals surface area contributed by atoms with Crippen molar-refractivity contribution < 1.29 is 14.3 Å². The fourth-order valence-corrected chi connectivity index (χ4v) is 4.29. The molecule has 2 aromatic carbocycles. The van der Waals surface area contributed by atoms with Crippen molar-refractivity contribution in [1.29, 1.82) is 0 Å². The van der Waals surface area contributed by atoms with Crippen molar-refractivity contribution in [3.8, 4) is 11.5 Å². The number of thiazole rings is 1. The van der Waals surface area contributed by atoms with Gasteiger partial charge in [0.2, 0.25) is 0 Å². The van der Waals surface area contributed by atoms with E-state index in [-0.39, 0.29) is 5.91 Å². The van der Waals surface area contributed by atoms with Gasteiger partial charge in [-0.3, -0.25) is 4.79 Å². The lowest BCUT2D eigenvalue weighted by molar-refractivity contribution is 0.0992. The zero-order valence-electron chi connectivity index (χ0n) is 14.1. The number of ether oxygens (including phenoxy) is 2. The van der Waals surface area contributed by atoms with Crippen LogP contribution in [0.3, 0.4) is 0 Å². The van der Waals surface area contributed by atoms with Crippen LogP contribution in [0.2, 0.25) is 0 Å². The molecule has 1 heterocycles. The van der Waals surface area contributed by atoms with Crippen LogP contribution in [-0.4, -0.2) is 24.7 Å². The lowest BCUT2D eigenvalue weighted by atomic mass is 10.1. The Kier molecular flexibility index (Phi) is 5.24. The molecule has 0 aliphatic heterocycles. The molecule has 1 aromatic heterocycles. The van der Waals surface area contributed by atoms with Gasteiger partial charge >= 0.3 is 0 Å². The summed E-state index contributed by atoms with van der Waals surface area (Å²) in [5, 5.41) is 0. The van der Waals surface area contributed by atoms with Crippen LogP contribution in [0.4, 0.5) is 0 Å². The van der Waals surface area contributed by atoms with E-state index in [0.717, 1.165) is 21.2 Å². The quantitative estimate of drug-likeness (QED) is 0.633. The minimum atomic E-state index is -0.387. The predicted molar refractivity (Wildman–Crippen MR) is 103 cm³/mol. The highest BCUT2D eigenvalue weighted by Gasteiger charge is 2.18. The SMILES string of the molecule is CCn1c(=NC(=O)c2c(OC)cccc2OC)sc2cc(Br)ccc21. The molecule has 7 heteroatoms. The number of hydrogen-bond acceptors (Lipinski definition) is 4. The maximum atomic E-state index is 12.8. The van der Waals surface area contributed by atoms with E-state index in [1.54, 1.807) is 18.2 Å². The molecule has 0 N–H and O–H groups in total. The minimum Gasteiger partial charge on any atom is -0.496 e. The van der Waals surface area contributed by atoms with Gasteiger partial charge in [0, 0.05) is 11.0 Å². The molecule has 0 saturated heterocycles. The van der Waals surface area contributed by atoms with E-state index < -0.39 is 0 Å². The topological polar surface area (TPSA) is 52.8 Å². The highest BCUT2D eigenvalue weighted by Crippen LogP contribution is 2.29. The molecule has 0 aliphatic rings. The molecule has 0 fully saturated rings. The predicted octanol–water partition coefficient (Wildman–Crippen LogP) is 4.24. The van der Waals surface area contributed by atoms with Crippen LogP contribution in [-0.2, 0) is 6.54 Å². The zero-order valence-corrected chi connectivity index (χ0v) is 16.5. The lowest BCUT2D eigenvalue weighted by Gasteiger charge is -2.09. The van der Waals surface area contributed by atoms with Crippen LogP contribution >= 0.6 is 27.3 Å². The molecule has 130 valence electrons. The van der Waals surface area contributed by atoms with E-state index in [1.807, 2.05) is 29.7 Å². The van der Waals surface area contributed by atoms with Gasteiger partial charge in [0.15, 0.2) is 4.80 Å². The average molecular weight is 421 g/mol. The summed E-state index contributed by atoms with van der Waals surface area (Å²) in [4.78, 5) is 17.8. The maximum Gasteiger partial charge on any atom is 0.287 e. The van der Waals surface area contributed by atoms with Crippen molar-refractivity contribution in [1.82, 2.24) is 4.57 Å². The van der Waals surface area contributed by atoms with Crippen molar-refractivity contribution in [2.75, 3.05) is 14.2 Å². The van der Waals surface area contributed by atoms with Gasteiger partial charge in [-0.25, -0.2) is 0 Å². The van der Waals surface area contributed by atoms with E-state index in [0.29, 0.717) is 21.9 Å². The molecular formula is C18H17BrN2O3S. The van der Waals surface area contributed by atoms with Gasteiger partial charge in [0.1, 0.15) is 17.1 Å². The fraction of sp³-hybridized carbons (Fsp3) is 0.222. The Bertz CT molecular complexity index is 985. The number of carbonyl (C=O) groups excluding carboxylic acids is 1. The first-order valence-corrected chi connectivity index (χ1v) is 9.29. The second-order valence-electron chi connectivity index (χ2n) is 5.20. The first kappa shape index (κ1) is 17.7. The number of rotatable bonds is 4. The summed E-state index contributed by atoms with van der Waals surface area (Å²) in [6, 6.07) is 11.3. The average Bonchev–Trinajstić information content (AvgIpc) is 2.96. The van der Waals surface area contributed by atoms with Gasteiger partial charge in [-0.2, -0.15) is 4.99 Å². The van der Waals surface area contributed by atoms with Crippen LogP contribution < -0.4 is 14.3 Å². The number of amides is 1. The number of carbonyl (C=O) groups is 1. The van der Waals surface area contributed by atoms with Gasteiger partial charge in [0.25, 0.3) is 5.91 Å². The smallest absolute Gasteiger partial charge is 0.287 e. The molecular weight excluding hydrogens is 404 g/mol. The third kappa shape index (κ3) is 3.34. The highest BCUT2D eigenvalue weighted by atomic mass is 79.9. The van der Waals surface area contributed by atoms with Crippen molar-refractivity contribution in [2.24, 2.45) is 4.99 Å². The number of methoxy groups -OCH3 is 2. The summed E-state index contributed by atoms with van der Waals surface area (Å²) in [7, 11) is 3.05. The Morgan fingerprint density at radius 1 is 1.20 bits per heavy atom. The number of hydrogen-bond donors (Lipinski definition) is 0. The van der Waals surface area contributed by atoms with Crippen LogP contribution in [0.1, 0.15) is 17.3 Å². The summed E-state index contributed by atoms with van der Waals surface area (Å²) in [6.45, 7) is 2.75. The van der Waals surface area contributed by atoms with E-state index >= 15 is 0 Å². The standard InChI is InChI=1S/C18H17BrN2O3S/c1-4-21-12-9-8-11(19)10-15(12)25-18(21)20-17(22)16-13(23-2)6-5-7-14(16)24-3/h5-10H,4H2,1-3H3. The van der Waals surface area contributed by atoms with E-state index in [4.69, 9.17) is 9.47 Å². The monoisotopic (exact) mass is 420 g/mol. The molecule has 3 aromatic rings. The van der Waals surface area contributed by atoms with Gasteiger partial charge in [0.05, 0.1) is 24.4 Å². The molecule has 0 atom stereocenters. The lowest BCUT2D eigenvalue weighted by Crippen LogP contribution is -2.16. The molecule has 25 heavy (non-hydrogen) atoms. The van der Waals surface area contributed by atoms with Crippen LogP contribution in [0, 0.1) is 0 Å². The molecule has 0 radical (unpaired) electrons. The maximum absolute atomic E-state index is 12.8. The molecule has 5 nitrogen and oxygen atoms in total. The third-order valence-corrected chi connectivity index (χ3v) is 5.33. The summed E-state index contributed by atoms with van der Waals surface area (Å²) in [6.07, 6.45) is 0.